The van der Waals surface area contributed by atoms with Crippen molar-refractivity contribution < 1.29 is 4.39 Å². The molecule has 88 valence electrons. The number of aromatic nitrogens is 3. The Balaban J connectivity index is 2.37. The third kappa shape index (κ3) is 2.75. The molecule has 2 heterocycles. The topological polar surface area (TPSA) is 50.7 Å². The van der Waals surface area contributed by atoms with E-state index in [4.69, 9.17) is 0 Å². The van der Waals surface area contributed by atoms with Crippen LogP contribution >= 0.6 is 0 Å². The van der Waals surface area contributed by atoms with Gasteiger partial charge in [0.05, 0.1) is 6.20 Å². The molecule has 0 aliphatic heterocycles. The van der Waals surface area contributed by atoms with Crippen LogP contribution in [0.3, 0.4) is 0 Å². The predicted octanol–water partition coefficient (Wildman–Crippen LogP) is 2.50. The van der Waals surface area contributed by atoms with Crippen molar-refractivity contribution in [2.45, 2.75) is 13.3 Å². The number of halogens is 1. The van der Waals surface area contributed by atoms with E-state index in [1.807, 2.05) is 0 Å². The molecule has 0 saturated carbocycles. The van der Waals surface area contributed by atoms with Gasteiger partial charge in [0, 0.05) is 30.7 Å². The van der Waals surface area contributed by atoms with E-state index < -0.39 is 0 Å². The molecule has 0 amide bonds. The second kappa shape index (κ2) is 5.34. The van der Waals surface area contributed by atoms with Crippen LogP contribution in [0, 0.1) is 5.82 Å². The Bertz CT molecular complexity index is 501. The summed E-state index contributed by atoms with van der Waals surface area (Å²) in [5, 5.41) is 3.16. The number of hydrogen-bond donors (Lipinski definition) is 1. The fourth-order valence-electron chi connectivity index (χ4n) is 1.46. The van der Waals surface area contributed by atoms with Crippen LogP contribution in [-0.4, -0.2) is 21.5 Å². The first kappa shape index (κ1) is 11.4. The van der Waals surface area contributed by atoms with Crippen LogP contribution in [0.5, 0.6) is 0 Å². The number of rotatable bonds is 4. The lowest BCUT2D eigenvalue weighted by Gasteiger charge is -2.08. The molecule has 2 rings (SSSR count). The third-order valence-corrected chi connectivity index (χ3v) is 2.22. The number of hydrogen-bond acceptors (Lipinski definition) is 4. The second-order valence-electron chi connectivity index (χ2n) is 3.57. The van der Waals surface area contributed by atoms with Crippen LogP contribution in [0.4, 0.5) is 10.2 Å². The maximum Gasteiger partial charge on any atom is 0.152 e. The van der Waals surface area contributed by atoms with Crippen molar-refractivity contribution in [1.82, 2.24) is 15.0 Å². The average molecular weight is 232 g/mol. The van der Waals surface area contributed by atoms with Crippen LogP contribution in [0.2, 0.25) is 0 Å². The van der Waals surface area contributed by atoms with Gasteiger partial charge < -0.3 is 5.32 Å². The first-order valence-electron chi connectivity index (χ1n) is 5.47. The summed E-state index contributed by atoms with van der Waals surface area (Å²) < 4.78 is 13.1. The molecule has 0 fully saturated rings. The highest BCUT2D eigenvalue weighted by Crippen LogP contribution is 2.22. The molecule has 0 spiro atoms. The van der Waals surface area contributed by atoms with Crippen LogP contribution in [0.25, 0.3) is 11.3 Å². The molecule has 5 heteroatoms. The minimum atomic E-state index is -0.380. The number of nitrogens with one attached hydrogen (secondary N) is 1. The summed E-state index contributed by atoms with van der Waals surface area (Å²) in [4.78, 5) is 12.2. The van der Waals surface area contributed by atoms with Gasteiger partial charge in [0.2, 0.25) is 0 Å². The lowest BCUT2D eigenvalue weighted by atomic mass is 10.2. The van der Waals surface area contributed by atoms with E-state index in [0.717, 1.165) is 13.0 Å². The summed E-state index contributed by atoms with van der Waals surface area (Å²) in [6, 6.07) is 1.40. The van der Waals surface area contributed by atoms with Gasteiger partial charge in [0.25, 0.3) is 0 Å². The van der Waals surface area contributed by atoms with E-state index in [-0.39, 0.29) is 5.82 Å². The SMILES string of the molecule is CCCNc1nccnc1-c1cncc(F)c1. The van der Waals surface area contributed by atoms with Gasteiger partial charge in [0.1, 0.15) is 11.5 Å². The van der Waals surface area contributed by atoms with Gasteiger partial charge in [-0.1, -0.05) is 6.92 Å². The highest BCUT2D eigenvalue weighted by molar-refractivity contribution is 5.70. The number of anilines is 1. The number of pyridine rings is 1. The van der Waals surface area contributed by atoms with Crippen molar-refractivity contribution in [3.63, 3.8) is 0 Å². The van der Waals surface area contributed by atoms with E-state index in [0.29, 0.717) is 17.1 Å². The summed E-state index contributed by atoms with van der Waals surface area (Å²) in [6.07, 6.45) is 6.91. The van der Waals surface area contributed by atoms with Gasteiger partial charge in [0.15, 0.2) is 5.82 Å². The first-order valence-corrected chi connectivity index (χ1v) is 5.47. The summed E-state index contributed by atoms with van der Waals surface area (Å²) in [6.45, 7) is 2.86. The molecule has 0 saturated heterocycles. The molecular weight excluding hydrogens is 219 g/mol. The molecule has 17 heavy (non-hydrogen) atoms. The zero-order chi connectivity index (χ0) is 12.1. The number of nitrogens with zero attached hydrogens (tertiary/aromatic N) is 3. The van der Waals surface area contributed by atoms with Crippen molar-refractivity contribution in [3.05, 3.63) is 36.7 Å². The molecule has 2 aromatic rings. The molecule has 0 unspecified atom stereocenters. The van der Waals surface area contributed by atoms with Gasteiger partial charge in [-0.05, 0) is 12.5 Å². The molecule has 0 radical (unpaired) electrons. The molecular formula is C12H13FN4. The Morgan fingerprint density at radius 1 is 1.24 bits per heavy atom. The monoisotopic (exact) mass is 232 g/mol. The molecule has 4 nitrogen and oxygen atoms in total. The minimum Gasteiger partial charge on any atom is -0.368 e. The molecule has 0 atom stereocenters. The van der Waals surface area contributed by atoms with Gasteiger partial charge >= 0.3 is 0 Å². The van der Waals surface area contributed by atoms with Crippen LogP contribution < -0.4 is 5.32 Å². The summed E-state index contributed by atoms with van der Waals surface area (Å²) in [5.41, 5.74) is 1.24. The molecule has 0 aromatic carbocycles. The second-order valence-corrected chi connectivity index (χ2v) is 3.57. The van der Waals surface area contributed by atoms with Crippen molar-refractivity contribution >= 4 is 5.82 Å². The van der Waals surface area contributed by atoms with Gasteiger partial charge in [-0.25, -0.2) is 9.37 Å². The Morgan fingerprint density at radius 2 is 2.06 bits per heavy atom. The summed E-state index contributed by atoms with van der Waals surface area (Å²) in [7, 11) is 0. The fraction of sp³-hybridized carbons (Fsp3) is 0.250. The summed E-state index contributed by atoms with van der Waals surface area (Å²) >= 11 is 0. The fourth-order valence-corrected chi connectivity index (χ4v) is 1.46. The molecule has 1 N–H and O–H groups in total. The normalized spacial score (nSPS) is 10.2. The quantitative estimate of drug-likeness (QED) is 0.879. The smallest absolute Gasteiger partial charge is 0.152 e. The van der Waals surface area contributed by atoms with Crippen LogP contribution in [0.15, 0.2) is 30.9 Å². The van der Waals surface area contributed by atoms with Crippen molar-refractivity contribution in [3.8, 4) is 11.3 Å². The Labute approximate surface area is 99.0 Å². The molecule has 0 aliphatic rings. The van der Waals surface area contributed by atoms with Gasteiger partial charge in [-0.2, -0.15) is 0 Å². The standard InChI is InChI=1S/C12H13FN4/c1-2-3-16-12-11(15-4-5-17-12)9-6-10(13)8-14-7-9/h4-8H,2-3H2,1H3,(H,16,17). The highest BCUT2D eigenvalue weighted by Gasteiger charge is 2.08. The van der Waals surface area contributed by atoms with Crippen molar-refractivity contribution in [2.75, 3.05) is 11.9 Å². The maximum atomic E-state index is 13.1. The van der Waals surface area contributed by atoms with Gasteiger partial charge in [-0.15, -0.1) is 0 Å². The molecule has 0 aliphatic carbocycles. The average Bonchev–Trinajstić information content (AvgIpc) is 2.37. The predicted molar refractivity (Wildman–Crippen MR) is 64.0 cm³/mol. The Hall–Kier alpha value is -2.04. The van der Waals surface area contributed by atoms with E-state index in [9.17, 15) is 4.39 Å². The van der Waals surface area contributed by atoms with E-state index in [1.165, 1.54) is 12.3 Å². The van der Waals surface area contributed by atoms with Gasteiger partial charge in [-0.3, -0.25) is 9.97 Å². The van der Waals surface area contributed by atoms with E-state index in [2.05, 4.69) is 27.2 Å². The minimum absolute atomic E-state index is 0.380. The van der Waals surface area contributed by atoms with Crippen LogP contribution in [-0.2, 0) is 0 Å². The lowest BCUT2D eigenvalue weighted by Crippen LogP contribution is -2.04. The Morgan fingerprint density at radius 3 is 2.82 bits per heavy atom. The maximum absolute atomic E-state index is 13.1. The highest BCUT2D eigenvalue weighted by atomic mass is 19.1. The zero-order valence-electron chi connectivity index (χ0n) is 9.52. The molecule has 2 aromatic heterocycles. The van der Waals surface area contributed by atoms with Crippen LogP contribution in [0.1, 0.15) is 13.3 Å². The molecule has 0 bridgehead atoms. The van der Waals surface area contributed by atoms with Crippen molar-refractivity contribution in [2.24, 2.45) is 0 Å². The summed E-state index contributed by atoms with van der Waals surface area (Å²) in [5.74, 6) is 0.274. The first-order chi connectivity index (χ1) is 8.31. The zero-order valence-corrected chi connectivity index (χ0v) is 9.52. The van der Waals surface area contributed by atoms with E-state index in [1.54, 1.807) is 18.6 Å². The van der Waals surface area contributed by atoms with Crippen molar-refractivity contribution in [1.29, 1.82) is 0 Å². The van der Waals surface area contributed by atoms with E-state index >= 15 is 0 Å². The lowest BCUT2D eigenvalue weighted by molar-refractivity contribution is 0.622. The Kier molecular flexibility index (Phi) is 3.59. The third-order valence-electron chi connectivity index (χ3n) is 2.22. The largest absolute Gasteiger partial charge is 0.368 e.